The maximum absolute atomic E-state index is 12.9. The number of hydrogen-bond acceptors (Lipinski definition) is 14. The smallest absolute Gasteiger partial charge is 0.463 e. The third-order valence-electron chi connectivity index (χ3n) is 14.6. The van der Waals surface area contributed by atoms with E-state index >= 15 is 0 Å². The number of phosphoric acid groups is 2. The second-order valence-corrected chi connectivity index (χ2v) is 26.2. The first kappa shape index (κ1) is 85.7. The molecule has 5 atom stereocenters. The van der Waals surface area contributed by atoms with Crippen molar-refractivity contribution in [2.24, 2.45) is 0 Å². The van der Waals surface area contributed by atoms with Crippen LogP contribution in [0.15, 0.2) is 85.1 Å². The fourth-order valence-corrected chi connectivity index (χ4v) is 10.9. The number of phosphoric ester groups is 2. The number of unbranched alkanes of at least 4 members (excludes halogenated alkanes) is 29. The minimum atomic E-state index is -4.92. The summed E-state index contributed by atoms with van der Waals surface area (Å²) in [6.45, 7) is 2.49. The highest BCUT2D eigenvalue weighted by Gasteiger charge is 2.29. The highest BCUT2D eigenvalue weighted by molar-refractivity contribution is 7.47. The molecule has 5 unspecified atom stereocenters. The predicted molar refractivity (Wildman–Crippen MR) is 362 cm³/mol. The lowest BCUT2D eigenvalue weighted by molar-refractivity contribution is -0.161. The molecule has 0 fully saturated rings. The Balaban J connectivity index is 4.46. The van der Waals surface area contributed by atoms with Crippen LogP contribution in [-0.2, 0) is 55.8 Å². The lowest BCUT2D eigenvalue weighted by atomic mass is 10.0. The Morgan fingerprint density at radius 3 is 0.989 bits per heavy atom. The summed E-state index contributed by atoms with van der Waals surface area (Å²) in [5.74, 6) is -1.58. The van der Waals surface area contributed by atoms with Crippen molar-refractivity contribution < 1.29 is 75.8 Å². The summed E-state index contributed by atoms with van der Waals surface area (Å²) in [7, 11) is -9.77. The molecule has 0 aromatic heterocycles. The van der Waals surface area contributed by atoms with Gasteiger partial charge in [0, 0.05) is 19.3 Å². The highest BCUT2D eigenvalue weighted by atomic mass is 31.2. The molecule has 516 valence electrons. The quantitative estimate of drug-likeness (QED) is 0.0146. The summed E-state index contributed by atoms with van der Waals surface area (Å²) in [5, 5.41) is 20.5. The molecule has 0 aliphatic carbocycles. The first-order chi connectivity index (χ1) is 43.2. The summed E-state index contributed by atoms with van der Waals surface area (Å²) in [5.41, 5.74) is 0. The van der Waals surface area contributed by atoms with Crippen molar-refractivity contribution in [2.45, 2.75) is 309 Å². The topological polar surface area (TPSA) is 231 Å². The number of aliphatic hydroxyl groups is 2. The first-order valence-electron chi connectivity index (χ1n) is 34.9. The van der Waals surface area contributed by atoms with Crippen LogP contribution in [0.1, 0.15) is 290 Å². The van der Waals surface area contributed by atoms with Crippen LogP contribution in [0.4, 0.5) is 0 Å². The van der Waals surface area contributed by atoms with Gasteiger partial charge in [0.15, 0.2) is 6.10 Å². The minimum absolute atomic E-state index is 0.106. The third kappa shape index (κ3) is 66.0. The number of esters is 3. The van der Waals surface area contributed by atoms with E-state index in [4.69, 9.17) is 32.3 Å². The molecule has 0 bridgehead atoms. The molecule has 16 nitrogen and oxygen atoms in total. The van der Waals surface area contributed by atoms with Crippen molar-refractivity contribution in [1.82, 2.24) is 0 Å². The van der Waals surface area contributed by atoms with Gasteiger partial charge in [0.05, 0.1) is 26.4 Å². The van der Waals surface area contributed by atoms with Crippen molar-refractivity contribution in [1.29, 1.82) is 0 Å². The molecule has 89 heavy (non-hydrogen) atoms. The molecule has 0 saturated carbocycles. The van der Waals surface area contributed by atoms with Gasteiger partial charge in [0.25, 0.3) is 0 Å². The van der Waals surface area contributed by atoms with Crippen molar-refractivity contribution in [3.05, 3.63) is 85.1 Å². The molecule has 0 radical (unpaired) electrons. The van der Waals surface area contributed by atoms with Crippen molar-refractivity contribution in [3.63, 3.8) is 0 Å². The van der Waals surface area contributed by atoms with Gasteiger partial charge in [-0.1, -0.05) is 266 Å². The summed E-state index contributed by atoms with van der Waals surface area (Å²) >= 11 is 0. The van der Waals surface area contributed by atoms with E-state index in [0.717, 1.165) is 135 Å². The van der Waals surface area contributed by atoms with Gasteiger partial charge in [-0.25, -0.2) is 9.13 Å². The van der Waals surface area contributed by atoms with Gasteiger partial charge >= 0.3 is 33.6 Å². The maximum atomic E-state index is 12.9. The predicted octanol–water partition coefficient (Wildman–Crippen LogP) is 19.3. The molecule has 0 heterocycles. The van der Waals surface area contributed by atoms with Crippen LogP contribution in [0.25, 0.3) is 0 Å². The fraction of sp³-hybridized carbons (Fsp3) is 0.761. The lowest BCUT2D eigenvalue weighted by Gasteiger charge is -2.21. The number of aliphatic hydroxyl groups excluding tert-OH is 2. The van der Waals surface area contributed by atoms with Crippen LogP contribution in [0.3, 0.4) is 0 Å². The Bertz CT molecular complexity index is 1970. The molecular formula is C71H126O16P2. The lowest BCUT2D eigenvalue weighted by Crippen LogP contribution is -2.30. The van der Waals surface area contributed by atoms with Gasteiger partial charge in [-0.3, -0.25) is 32.5 Å². The number of rotatable bonds is 66. The van der Waals surface area contributed by atoms with Gasteiger partial charge in [-0.15, -0.1) is 0 Å². The van der Waals surface area contributed by atoms with E-state index < -0.39 is 91.5 Å². The van der Waals surface area contributed by atoms with Crippen molar-refractivity contribution in [3.8, 4) is 0 Å². The molecule has 4 N–H and O–H groups in total. The van der Waals surface area contributed by atoms with Crippen LogP contribution in [0.2, 0.25) is 0 Å². The fourth-order valence-electron chi connectivity index (χ4n) is 9.28. The van der Waals surface area contributed by atoms with Crippen LogP contribution >= 0.6 is 15.6 Å². The Kier molecular flexibility index (Phi) is 62.4. The molecule has 0 amide bonds. The Hall–Kier alpha value is -3.27. The van der Waals surface area contributed by atoms with E-state index in [1.54, 1.807) is 0 Å². The number of hydrogen-bond donors (Lipinski definition) is 4. The van der Waals surface area contributed by atoms with E-state index in [1.165, 1.54) is 96.3 Å². The average molecular weight is 1300 g/mol. The monoisotopic (exact) mass is 1300 g/mol. The molecule has 0 aliphatic heterocycles. The van der Waals surface area contributed by atoms with Gasteiger partial charge in [0.1, 0.15) is 25.4 Å². The normalized spacial score (nSPS) is 14.7. The Morgan fingerprint density at radius 1 is 0.326 bits per heavy atom. The number of allylic oxidation sites excluding steroid dienone is 14. The van der Waals surface area contributed by atoms with Crippen molar-refractivity contribution >= 4 is 33.6 Å². The summed E-state index contributed by atoms with van der Waals surface area (Å²) < 4.78 is 60.8. The first-order valence-corrected chi connectivity index (χ1v) is 37.9. The van der Waals surface area contributed by atoms with E-state index in [1.807, 2.05) is 0 Å². The Morgan fingerprint density at radius 2 is 0.618 bits per heavy atom. The number of carbonyl (C=O) groups excluding carboxylic acids is 3. The highest BCUT2D eigenvalue weighted by Crippen LogP contribution is 2.45. The summed E-state index contributed by atoms with van der Waals surface area (Å²) in [6.07, 6.45) is 69.3. The average Bonchev–Trinajstić information content (AvgIpc) is 3.55. The summed E-state index contributed by atoms with van der Waals surface area (Å²) in [4.78, 5) is 58.3. The molecule has 18 heteroatoms. The van der Waals surface area contributed by atoms with Crippen LogP contribution in [0.5, 0.6) is 0 Å². The zero-order chi connectivity index (χ0) is 65.3. The molecule has 0 saturated heterocycles. The standard InChI is InChI=1S/C71H126O16P2/c1-4-7-10-13-16-19-22-25-26-27-28-29-30-31-32-33-34-35-36-37-38-41-43-45-48-51-54-57-69(74)81-60-66(72)61-83-88(77,78)84-62-67(73)63-85-89(79,80)86-65-68(87-71(76)59-56-53-50-47-44-40-24-21-18-15-12-9-6-3)64-82-70(75)58-55-52-49-46-42-39-23-20-17-14-11-8-5-2/h7,10-11,14,16,19-20,23,25-26,28-29,31-32,66-68,72-73H,4-6,8-9,12-13,15,17-18,21-22,24,27,30,33-65H2,1-3H3,(H,77,78)(H,79,80)/b10-7-,14-11-,19-16-,23-20-,26-25-,29-28-,32-31-. The van der Waals surface area contributed by atoms with E-state index in [0.29, 0.717) is 19.3 Å². The molecule has 0 spiro atoms. The van der Waals surface area contributed by atoms with Crippen LogP contribution in [0, 0.1) is 0 Å². The van der Waals surface area contributed by atoms with Gasteiger partial charge in [-0.2, -0.15) is 0 Å². The van der Waals surface area contributed by atoms with E-state index in [9.17, 15) is 43.5 Å². The van der Waals surface area contributed by atoms with Crippen LogP contribution < -0.4 is 0 Å². The molecule has 0 aromatic carbocycles. The summed E-state index contributed by atoms with van der Waals surface area (Å²) in [6, 6.07) is 0. The third-order valence-corrected chi connectivity index (χ3v) is 16.5. The SMILES string of the molecule is CC/C=C\C/C=C\C/C=C\C/C=C\C/C=C\CCCCCCCCCCCCCC(=O)OCC(O)COP(=O)(O)OCC(O)COP(=O)(O)OCC(COC(=O)CCCCCCC/C=C\C/C=C\CCC)OC(=O)CCCCCCCCCCCCCCC. The van der Waals surface area contributed by atoms with E-state index in [-0.39, 0.29) is 19.3 Å². The van der Waals surface area contributed by atoms with E-state index in [2.05, 4.69) is 106 Å². The molecule has 0 rings (SSSR count). The maximum Gasteiger partial charge on any atom is 0.472 e. The Labute approximate surface area is 540 Å². The zero-order valence-corrected chi connectivity index (χ0v) is 57.6. The van der Waals surface area contributed by atoms with Gasteiger partial charge in [0.2, 0.25) is 0 Å². The van der Waals surface area contributed by atoms with Crippen molar-refractivity contribution in [2.75, 3.05) is 39.6 Å². The minimum Gasteiger partial charge on any atom is -0.463 e. The molecular weight excluding hydrogens is 1170 g/mol. The largest absolute Gasteiger partial charge is 0.472 e. The number of ether oxygens (including phenoxy) is 3. The van der Waals surface area contributed by atoms with Crippen LogP contribution in [-0.4, -0.2) is 95.9 Å². The van der Waals surface area contributed by atoms with Gasteiger partial charge in [-0.05, 0) is 89.9 Å². The zero-order valence-electron chi connectivity index (χ0n) is 55.8. The number of carbonyl (C=O) groups is 3. The molecule has 0 aliphatic rings. The molecule has 0 aromatic rings. The second-order valence-electron chi connectivity index (χ2n) is 23.3. The van der Waals surface area contributed by atoms with Gasteiger partial charge < -0.3 is 34.2 Å². The second kappa shape index (κ2) is 64.8.